The number of benzene rings is 2. The van der Waals surface area contributed by atoms with E-state index in [0.717, 1.165) is 12.1 Å². The van der Waals surface area contributed by atoms with E-state index < -0.39 is 30.2 Å². The molecule has 1 N–H and O–H groups in total. The lowest BCUT2D eigenvalue weighted by atomic mass is 9.87. The molecule has 0 saturated heterocycles. The van der Waals surface area contributed by atoms with Crippen molar-refractivity contribution in [3.8, 4) is 0 Å². The third kappa shape index (κ3) is 5.60. The van der Waals surface area contributed by atoms with E-state index >= 15 is 0 Å². The second-order valence-corrected chi connectivity index (χ2v) is 8.30. The van der Waals surface area contributed by atoms with E-state index in [1.165, 1.54) is 18.2 Å². The molecule has 2 aromatic rings. The number of nitrogens with zero attached hydrogens (tertiary/aromatic N) is 1. The molecule has 0 spiro atoms. The number of carbonyl (C=O) groups excluding carboxylic acids is 1. The summed E-state index contributed by atoms with van der Waals surface area (Å²) >= 11 is 0. The number of carbonyl (C=O) groups is 2. The molecule has 2 rings (SSSR count). The van der Waals surface area contributed by atoms with Gasteiger partial charge in [-0.1, -0.05) is 36.4 Å². The second-order valence-electron chi connectivity index (χ2n) is 6.25. The first-order valence-electron chi connectivity index (χ1n) is 9.19. The minimum atomic E-state index is -3.65. The van der Waals surface area contributed by atoms with E-state index in [1.54, 1.807) is 32.0 Å². The van der Waals surface area contributed by atoms with Crippen molar-refractivity contribution < 1.29 is 33.2 Å². The number of nitro benzene ring substituents is 1. The number of ketones is 1. The van der Waals surface area contributed by atoms with E-state index in [1.807, 2.05) is 0 Å². The van der Waals surface area contributed by atoms with Gasteiger partial charge in [-0.15, -0.1) is 0 Å². The number of aliphatic carboxylic acids is 1. The molecule has 0 aliphatic heterocycles. The molecule has 0 saturated carbocycles. The molecule has 1 atom stereocenters. The van der Waals surface area contributed by atoms with Gasteiger partial charge < -0.3 is 14.2 Å². The molecule has 0 fully saturated rings. The van der Waals surface area contributed by atoms with Crippen LogP contribution >= 0.6 is 7.60 Å². The van der Waals surface area contributed by atoms with Crippen molar-refractivity contribution in [2.45, 2.75) is 25.9 Å². The lowest BCUT2D eigenvalue weighted by Crippen LogP contribution is -2.23. The summed E-state index contributed by atoms with van der Waals surface area (Å²) in [5, 5.41) is 21.1. The molecule has 30 heavy (non-hydrogen) atoms. The molecular weight excluding hydrogens is 413 g/mol. The Bertz CT molecular complexity index is 966. The number of carboxylic acids is 1. The Hall–Kier alpha value is -2.87. The lowest BCUT2D eigenvalue weighted by Gasteiger charge is -2.21. The molecule has 0 amide bonds. The first kappa shape index (κ1) is 23.4. The summed E-state index contributed by atoms with van der Waals surface area (Å²) in [4.78, 5) is 35.6. The Kier molecular flexibility index (Phi) is 8.00. The molecule has 0 aliphatic rings. The van der Waals surface area contributed by atoms with Gasteiger partial charge in [-0.2, -0.15) is 0 Å². The molecule has 0 bridgehead atoms. The number of non-ortho nitro benzene ring substituents is 1. The number of carboxylic acid groups (broad SMARTS) is 1. The van der Waals surface area contributed by atoms with Gasteiger partial charge in [0.05, 0.1) is 24.3 Å². The fourth-order valence-electron chi connectivity index (χ4n) is 2.99. The van der Waals surface area contributed by atoms with Crippen molar-refractivity contribution in [3.05, 3.63) is 75.3 Å². The van der Waals surface area contributed by atoms with Gasteiger partial charge in [-0.05, 0) is 25.0 Å². The highest BCUT2D eigenvalue weighted by atomic mass is 31.2. The largest absolute Gasteiger partial charge is 0.480 e. The number of rotatable bonds is 11. The molecule has 10 heteroatoms. The Balaban J connectivity index is 2.62. The van der Waals surface area contributed by atoms with Crippen LogP contribution in [0.2, 0.25) is 0 Å². The zero-order valence-electron chi connectivity index (χ0n) is 16.5. The molecule has 1 unspecified atom stereocenters. The zero-order chi connectivity index (χ0) is 22.3. The van der Waals surface area contributed by atoms with Crippen LogP contribution in [0.3, 0.4) is 0 Å². The monoisotopic (exact) mass is 435 g/mol. The second kappa shape index (κ2) is 10.2. The van der Waals surface area contributed by atoms with Crippen LogP contribution in [0.5, 0.6) is 0 Å². The normalized spacial score (nSPS) is 12.3. The molecule has 160 valence electrons. The van der Waals surface area contributed by atoms with E-state index in [0.29, 0.717) is 0 Å². The van der Waals surface area contributed by atoms with E-state index in [4.69, 9.17) is 9.05 Å². The Labute approximate surface area is 173 Å². The SMILES string of the molecule is CCOP(=O)(Cc1ccc([N+](=O)[O-])cc1C(C(=O)O)C(=O)c1ccccc1)OCC. The first-order chi connectivity index (χ1) is 14.2. The van der Waals surface area contributed by atoms with Crippen molar-refractivity contribution in [1.82, 2.24) is 0 Å². The molecular formula is C20H22NO8P. The summed E-state index contributed by atoms with van der Waals surface area (Å²) in [6.45, 7) is 3.43. The summed E-state index contributed by atoms with van der Waals surface area (Å²) in [6.07, 6.45) is -0.326. The molecule has 9 nitrogen and oxygen atoms in total. The third-order valence-corrected chi connectivity index (χ3v) is 6.27. The number of Topliss-reactive ketones (excluding diaryl/α,β-unsaturated/α-hetero) is 1. The molecule has 0 aromatic heterocycles. The van der Waals surface area contributed by atoms with Crippen LogP contribution in [0, 0.1) is 10.1 Å². The highest BCUT2D eigenvalue weighted by Gasteiger charge is 2.35. The predicted octanol–water partition coefficient (Wildman–Crippen LogP) is 4.41. The summed E-state index contributed by atoms with van der Waals surface area (Å²) in [5.41, 5.74) is -0.198. The lowest BCUT2D eigenvalue weighted by molar-refractivity contribution is -0.384. The Morgan fingerprint density at radius 3 is 2.20 bits per heavy atom. The third-order valence-electron chi connectivity index (χ3n) is 4.23. The highest BCUT2D eigenvalue weighted by Crippen LogP contribution is 2.52. The van der Waals surface area contributed by atoms with Crippen LogP contribution in [-0.4, -0.2) is 35.0 Å². The number of hydrogen-bond donors (Lipinski definition) is 1. The summed E-state index contributed by atoms with van der Waals surface area (Å²) in [5.74, 6) is -3.94. The smallest absolute Gasteiger partial charge is 0.335 e. The van der Waals surface area contributed by atoms with Crippen LogP contribution in [0.1, 0.15) is 41.3 Å². The van der Waals surface area contributed by atoms with Crippen LogP contribution in [-0.2, 0) is 24.6 Å². The van der Waals surface area contributed by atoms with Gasteiger partial charge >= 0.3 is 13.6 Å². The Morgan fingerprint density at radius 2 is 1.70 bits per heavy atom. The summed E-state index contributed by atoms with van der Waals surface area (Å²) in [6, 6.07) is 11.2. The van der Waals surface area contributed by atoms with Crippen LogP contribution in [0.25, 0.3) is 0 Å². The topological polar surface area (TPSA) is 133 Å². The summed E-state index contributed by atoms with van der Waals surface area (Å²) < 4.78 is 23.5. The van der Waals surface area contributed by atoms with Gasteiger partial charge in [-0.25, -0.2) is 0 Å². The minimum Gasteiger partial charge on any atom is -0.480 e. The van der Waals surface area contributed by atoms with Crippen molar-refractivity contribution in [1.29, 1.82) is 0 Å². The van der Waals surface area contributed by atoms with E-state index in [9.17, 15) is 29.4 Å². The van der Waals surface area contributed by atoms with E-state index in [2.05, 4.69) is 0 Å². The van der Waals surface area contributed by atoms with Gasteiger partial charge in [0.2, 0.25) is 0 Å². The average molecular weight is 435 g/mol. The van der Waals surface area contributed by atoms with Crippen molar-refractivity contribution in [3.63, 3.8) is 0 Å². The predicted molar refractivity (Wildman–Crippen MR) is 109 cm³/mol. The summed E-state index contributed by atoms with van der Waals surface area (Å²) in [7, 11) is -3.65. The van der Waals surface area contributed by atoms with Crippen molar-refractivity contribution in [2.75, 3.05) is 13.2 Å². The molecule has 2 aromatic carbocycles. The van der Waals surface area contributed by atoms with Gasteiger partial charge in [-0.3, -0.25) is 24.3 Å². The van der Waals surface area contributed by atoms with Gasteiger partial charge in [0.25, 0.3) is 5.69 Å². The van der Waals surface area contributed by atoms with Crippen molar-refractivity contribution >= 4 is 25.0 Å². The quantitative estimate of drug-likeness (QED) is 0.180. The van der Waals surface area contributed by atoms with Gasteiger partial charge in [0.15, 0.2) is 5.78 Å². The fraction of sp³-hybridized carbons (Fsp3) is 0.300. The molecule has 0 aliphatic carbocycles. The van der Waals surface area contributed by atoms with Crippen molar-refractivity contribution in [2.24, 2.45) is 0 Å². The maximum atomic E-state index is 13.0. The zero-order valence-corrected chi connectivity index (χ0v) is 17.4. The molecule has 0 heterocycles. The van der Waals surface area contributed by atoms with E-state index in [-0.39, 0.29) is 41.8 Å². The van der Waals surface area contributed by atoms with Crippen LogP contribution < -0.4 is 0 Å². The number of nitro groups is 1. The standard InChI is InChI=1S/C20H22NO8P/c1-3-28-30(27,29-4-2)13-15-10-11-16(21(25)26)12-17(15)18(20(23)24)19(22)14-8-6-5-7-9-14/h5-12,18H,3-4,13H2,1-2H3,(H,23,24). The number of hydrogen-bond acceptors (Lipinski definition) is 7. The maximum absolute atomic E-state index is 13.0. The maximum Gasteiger partial charge on any atom is 0.335 e. The molecule has 0 radical (unpaired) electrons. The fourth-order valence-corrected chi connectivity index (χ4v) is 4.74. The first-order valence-corrected chi connectivity index (χ1v) is 10.9. The Morgan fingerprint density at radius 1 is 1.10 bits per heavy atom. The van der Waals surface area contributed by atoms with Gasteiger partial charge in [0.1, 0.15) is 5.92 Å². The minimum absolute atomic E-state index is 0.0882. The average Bonchev–Trinajstić information content (AvgIpc) is 2.69. The van der Waals surface area contributed by atoms with Crippen LogP contribution in [0.4, 0.5) is 5.69 Å². The highest BCUT2D eigenvalue weighted by molar-refractivity contribution is 7.53. The van der Waals surface area contributed by atoms with Gasteiger partial charge in [0, 0.05) is 17.7 Å². The van der Waals surface area contributed by atoms with Crippen LogP contribution in [0.15, 0.2) is 48.5 Å².